The number of nitrogens with zero attached hydrogens (tertiary/aromatic N) is 1. The molecule has 1 atom stereocenters. The minimum Gasteiger partial charge on any atom is -0.341 e. The number of rotatable bonds is 2. The van der Waals surface area contributed by atoms with E-state index in [-0.39, 0.29) is 11.7 Å². The Morgan fingerprint density at radius 2 is 1.91 bits per heavy atom. The van der Waals surface area contributed by atoms with Gasteiger partial charge in [0.2, 0.25) is 5.91 Å². The molecule has 2 heterocycles. The summed E-state index contributed by atoms with van der Waals surface area (Å²) in [5.41, 5.74) is 2.85. The Labute approximate surface area is 133 Å². The third-order valence-electron chi connectivity index (χ3n) is 4.63. The van der Waals surface area contributed by atoms with Crippen LogP contribution in [-0.4, -0.2) is 48.2 Å². The molecule has 2 aliphatic heterocycles. The molecule has 124 valence electrons. The highest BCUT2D eigenvalue weighted by atomic mass is 19.3. The summed E-state index contributed by atoms with van der Waals surface area (Å²) >= 11 is 0. The number of nitrogens with one attached hydrogen (secondary N) is 1. The van der Waals surface area contributed by atoms with Crippen LogP contribution in [0.2, 0.25) is 0 Å². The van der Waals surface area contributed by atoms with Crippen LogP contribution in [0.25, 0.3) is 0 Å². The van der Waals surface area contributed by atoms with Crippen LogP contribution in [0, 0.1) is 0 Å². The minimum atomic E-state index is -2.80. The Morgan fingerprint density at radius 3 is 2.52 bits per heavy atom. The van der Waals surface area contributed by atoms with Crippen LogP contribution in [-0.2, 0) is 17.6 Å². The predicted molar refractivity (Wildman–Crippen MR) is 81.8 cm³/mol. The van der Waals surface area contributed by atoms with Crippen molar-refractivity contribution in [1.29, 1.82) is 0 Å². The molecule has 0 bridgehead atoms. The third kappa shape index (κ3) is 3.42. The van der Waals surface area contributed by atoms with Crippen molar-refractivity contribution in [3.63, 3.8) is 0 Å². The van der Waals surface area contributed by atoms with Crippen LogP contribution < -0.4 is 5.32 Å². The lowest BCUT2D eigenvalue weighted by Gasteiger charge is -2.23. The molecule has 23 heavy (non-hydrogen) atoms. The number of carbonyl (C=O) groups is 2. The third-order valence-corrected chi connectivity index (χ3v) is 4.63. The zero-order chi connectivity index (χ0) is 16.6. The first kappa shape index (κ1) is 16.1. The van der Waals surface area contributed by atoms with Gasteiger partial charge in [-0.15, -0.1) is 0 Å². The van der Waals surface area contributed by atoms with E-state index >= 15 is 0 Å². The van der Waals surface area contributed by atoms with Crippen molar-refractivity contribution in [3.8, 4) is 0 Å². The highest BCUT2D eigenvalue weighted by molar-refractivity contribution is 5.94. The van der Waals surface area contributed by atoms with Crippen LogP contribution in [0.3, 0.4) is 0 Å². The summed E-state index contributed by atoms with van der Waals surface area (Å²) in [7, 11) is 0. The van der Waals surface area contributed by atoms with Gasteiger partial charge in [-0.3, -0.25) is 14.9 Å². The van der Waals surface area contributed by atoms with Crippen LogP contribution in [0.1, 0.15) is 34.8 Å². The van der Waals surface area contributed by atoms with Crippen LogP contribution in [0.5, 0.6) is 0 Å². The number of carbonyl (C=O) groups excluding carboxylic acids is 2. The van der Waals surface area contributed by atoms with Crippen molar-refractivity contribution in [2.24, 2.45) is 0 Å². The molecule has 0 spiro atoms. The molecule has 1 amide bonds. The van der Waals surface area contributed by atoms with Gasteiger partial charge < -0.3 is 4.90 Å². The van der Waals surface area contributed by atoms with Gasteiger partial charge in [0.25, 0.3) is 5.92 Å². The summed E-state index contributed by atoms with van der Waals surface area (Å²) < 4.78 is 26.5. The van der Waals surface area contributed by atoms with Gasteiger partial charge in [-0.1, -0.05) is 12.1 Å². The first-order chi connectivity index (χ1) is 10.9. The van der Waals surface area contributed by atoms with Gasteiger partial charge in [-0.25, -0.2) is 8.78 Å². The SMILES string of the molecule is CC(=O)c1ccc2c(c1)CCN(C(=O)C1CC(F)(F)CN1)CC2. The van der Waals surface area contributed by atoms with E-state index in [1.165, 1.54) is 6.92 Å². The van der Waals surface area contributed by atoms with E-state index in [4.69, 9.17) is 0 Å². The smallest absolute Gasteiger partial charge is 0.262 e. The van der Waals surface area contributed by atoms with E-state index in [1.807, 2.05) is 12.1 Å². The Kier molecular flexibility index (Phi) is 4.19. The van der Waals surface area contributed by atoms with Gasteiger partial charge in [0.15, 0.2) is 5.78 Å². The lowest BCUT2D eigenvalue weighted by atomic mass is 9.99. The van der Waals surface area contributed by atoms with Gasteiger partial charge in [-0.05, 0) is 37.0 Å². The van der Waals surface area contributed by atoms with E-state index in [9.17, 15) is 18.4 Å². The average molecular weight is 322 g/mol. The monoisotopic (exact) mass is 322 g/mol. The largest absolute Gasteiger partial charge is 0.341 e. The maximum atomic E-state index is 13.3. The molecule has 0 aromatic heterocycles. The second-order valence-corrected chi connectivity index (χ2v) is 6.36. The number of fused-ring (bicyclic) bond motifs is 1. The first-order valence-electron chi connectivity index (χ1n) is 7.88. The Balaban J connectivity index is 1.70. The lowest BCUT2D eigenvalue weighted by Crippen LogP contribution is -2.44. The molecule has 1 fully saturated rings. The highest BCUT2D eigenvalue weighted by Gasteiger charge is 2.43. The quantitative estimate of drug-likeness (QED) is 0.845. The maximum Gasteiger partial charge on any atom is 0.262 e. The standard InChI is InChI=1S/C17H20F2N2O2/c1-11(22)13-3-2-12-4-6-21(7-5-14(12)8-13)16(23)15-9-17(18,19)10-20-15/h2-3,8,15,20H,4-7,9-10H2,1H3. The normalized spacial score (nSPS) is 23.3. The predicted octanol–water partition coefficient (Wildman–Crippen LogP) is 1.81. The summed E-state index contributed by atoms with van der Waals surface area (Å²) in [6.45, 7) is 2.12. The average Bonchev–Trinajstić information content (AvgIpc) is 2.74. The highest BCUT2D eigenvalue weighted by Crippen LogP contribution is 2.27. The van der Waals surface area contributed by atoms with E-state index in [0.717, 1.165) is 11.1 Å². The van der Waals surface area contributed by atoms with E-state index in [2.05, 4.69) is 5.32 Å². The molecule has 0 aliphatic carbocycles. The van der Waals surface area contributed by atoms with E-state index in [1.54, 1.807) is 11.0 Å². The number of hydrogen-bond donors (Lipinski definition) is 1. The molecular formula is C17H20F2N2O2. The molecule has 2 aliphatic rings. The number of Topliss-reactive ketones (excluding diaryl/α,β-unsaturated/α-hetero) is 1. The fraction of sp³-hybridized carbons (Fsp3) is 0.529. The summed E-state index contributed by atoms with van der Waals surface area (Å²) in [6.07, 6.45) is 0.900. The Hall–Kier alpha value is -1.82. The number of hydrogen-bond acceptors (Lipinski definition) is 3. The topological polar surface area (TPSA) is 49.4 Å². The summed E-state index contributed by atoms with van der Waals surface area (Å²) in [4.78, 5) is 25.6. The second kappa shape index (κ2) is 6.00. The molecule has 4 nitrogen and oxygen atoms in total. The molecule has 1 unspecified atom stereocenters. The Bertz CT molecular complexity index is 645. The number of amides is 1. The molecule has 0 saturated carbocycles. The molecule has 0 radical (unpaired) electrons. The van der Waals surface area contributed by atoms with Gasteiger partial charge in [0.1, 0.15) is 0 Å². The van der Waals surface area contributed by atoms with Crippen LogP contribution in [0.4, 0.5) is 8.78 Å². The molecular weight excluding hydrogens is 302 g/mol. The van der Waals surface area contributed by atoms with Crippen molar-refractivity contribution in [3.05, 3.63) is 34.9 Å². The van der Waals surface area contributed by atoms with Crippen molar-refractivity contribution >= 4 is 11.7 Å². The van der Waals surface area contributed by atoms with Crippen LogP contribution in [0.15, 0.2) is 18.2 Å². The Morgan fingerprint density at radius 1 is 1.22 bits per heavy atom. The lowest BCUT2D eigenvalue weighted by molar-refractivity contribution is -0.133. The van der Waals surface area contributed by atoms with Gasteiger partial charge >= 0.3 is 0 Å². The molecule has 3 rings (SSSR count). The summed E-state index contributed by atoms with van der Waals surface area (Å²) in [5.74, 6) is -3.03. The first-order valence-corrected chi connectivity index (χ1v) is 7.88. The van der Waals surface area contributed by atoms with E-state index in [0.29, 0.717) is 31.5 Å². The molecule has 1 N–H and O–H groups in total. The number of alkyl halides is 2. The van der Waals surface area contributed by atoms with Crippen LogP contribution >= 0.6 is 0 Å². The van der Waals surface area contributed by atoms with Gasteiger partial charge in [-0.2, -0.15) is 0 Å². The number of benzene rings is 1. The van der Waals surface area contributed by atoms with Gasteiger partial charge in [0.05, 0.1) is 12.6 Å². The van der Waals surface area contributed by atoms with E-state index < -0.39 is 24.9 Å². The molecule has 1 aromatic rings. The fourth-order valence-electron chi connectivity index (χ4n) is 3.28. The molecule has 6 heteroatoms. The number of ketones is 1. The summed E-state index contributed by atoms with van der Waals surface area (Å²) in [5, 5.41) is 2.62. The molecule has 1 aromatic carbocycles. The zero-order valence-electron chi connectivity index (χ0n) is 13.1. The zero-order valence-corrected chi connectivity index (χ0v) is 13.1. The summed E-state index contributed by atoms with van der Waals surface area (Å²) in [6, 6.07) is 4.83. The van der Waals surface area contributed by atoms with Crippen molar-refractivity contribution in [2.45, 2.75) is 38.2 Å². The van der Waals surface area contributed by atoms with Crippen molar-refractivity contribution < 1.29 is 18.4 Å². The van der Waals surface area contributed by atoms with Crippen molar-refractivity contribution in [2.75, 3.05) is 19.6 Å². The minimum absolute atomic E-state index is 0.0161. The molecule has 1 saturated heterocycles. The van der Waals surface area contributed by atoms with Crippen molar-refractivity contribution in [1.82, 2.24) is 10.2 Å². The number of halogens is 2. The fourth-order valence-corrected chi connectivity index (χ4v) is 3.28. The second-order valence-electron chi connectivity index (χ2n) is 6.36. The maximum absolute atomic E-state index is 13.3. The van der Waals surface area contributed by atoms with Gasteiger partial charge in [0, 0.05) is 25.1 Å².